The van der Waals surface area contributed by atoms with Crippen molar-refractivity contribution >= 4 is 85.6 Å². The second-order valence-corrected chi connectivity index (χ2v) is 30.0. The maximum Gasteiger partial charge on any atom is 2.00 e. The second kappa shape index (κ2) is 20.8. The minimum absolute atomic E-state index is 0. The fraction of sp³-hybridized carbons (Fsp3) is 0.310. The van der Waals surface area contributed by atoms with Crippen LogP contribution in [0.25, 0.3) is 46.4 Å². The Bertz CT molecular complexity index is 2840. The minimum atomic E-state index is -2.14. The van der Waals surface area contributed by atoms with Crippen LogP contribution in [0.1, 0.15) is 139 Å². The van der Waals surface area contributed by atoms with Gasteiger partial charge in [0.1, 0.15) is 16.1 Å². The van der Waals surface area contributed by atoms with E-state index in [0.717, 1.165) is 78.2 Å². The SMILES string of the molecule is CC(C)[Si](C#Cc1c2nc(c(C#Cc3ccccc3)c3ccc([n-]3)c(C#C[Si](C(C)C)(C(C)C)C(C)C)c3ccc([n-]3)c(C#Cc3ccccc3)c3nc1C=C3)C=C2)(C(C)C)C(C)C.[Mg+2]. The molecule has 0 saturated heterocycles. The predicted octanol–water partition coefficient (Wildman–Crippen LogP) is 13.5. The van der Waals surface area contributed by atoms with Crippen molar-refractivity contribution in [2.75, 3.05) is 0 Å². The quantitative estimate of drug-likeness (QED) is 0.123. The summed E-state index contributed by atoms with van der Waals surface area (Å²) < 4.78 is 0. The van der Waals surface area contributed by atoms with Crippen molar-refractivity contribution < 1.29 is 0 Å². The molecule has 5 aromatic rings. The van der Waals surface area contributed by atoms with Crippen molar-refractivity contribution in [1.29, 1.82) is 0 Å². The average Bonchev–Trinajstić information content (AvgIpc) is 4.11. The Kier molecular flexibility index (Phi) is 15.6. The van der Waals surface area contributed by atoms with E-state index in [9.17, 15) is 0 Å². The van der Waals surface area contributed by atoms with Crippen LogP contribution in [0.3, 0.4) is 0 Å². The molecular weight excluding hydrogens is 833 g/mol. The summed E-state index contributed by atoms with van der Waals surface area (Å²) in [6.07, 6.45) is 8.22. The summed E-state index contributed by atoms with van der Waals surface area (Å²) in [5.41, 5.74) is 21.5. The van der Waals surface area contributed by atoms with Gasteiger partial charge in [0.15, 0.2) is 0 Å². The van der Waals surface area contributed by atoms with E-state index in [1.54, 1.807) is 0 Å². The Hall–Kier alpha value is -5.52. The number of rotatable bonds is 6. The number of aromatic nitrogens is 4. The molecule has 2 aromatic carbocycles. The second-order valence-electron chi connectivity index (χ2n) is 18.9. The van der Waals surface area contributed by atoms with Crippen molar-refractivity contribution in [1.82, 2.24) is 19.9 Å². The molecule has 2 aliphatic heterocycles. The van der Waals surface area contributed by atoms with Gasteiger partial charge in [-0.2, -0.15) is 0 Å². The molecule has 0 unspecified atom stereocenters. The van der Waals surface area contributed by atoms with Gasteiger partial charge in [0.05, 0.1) is 28.3 Å². The summed E-state index contributed by atoms with van der Waals surface area (Å²) in [6, 6.07) is 28.3. The standard InChI is InChI=1S/C58H60N4Si2.Mg/c1-39(2)63(40(3)4,41(5)6)37-35-49-55-31-27-51(59-55)47(25-23-45-19-15-13-16-20-45)53-29-33-57(61-53)50(36-38-64(42(7)8,43(9)10)44(11)12)58-34-30-54(62-58)48(52-28-32-56(49)60-52)26-24-46-21-17-14-18-22-46;/h13-22,27-34,39-44H,1-12H3;/q-2;+2. The number of hydrogen-bond donors (Lipinski definition) is 0. The summed E-state index contributed by atoms with van der Waals surface area (Å²) in [5.74, 6) is 21.4. The normalized spacial score (nSPS) is 12.1. The van der Waals surface area contributed by atoms with E-state index in [0.29, 0.717) is 33.2 Å². The van der Waals surface area contributed by atoms with E-state index in [1.165, 1.54) is 0 Å². The summed E-state index contributed by atoms with van der Waals surface area (Å²) in [7, 11) is -4.28. The van der Waals surface area contributed by atoms with Crippen LogP contribution in [0, 0.1) is 46.6 Å². The van der Waals surface area contributed by atoms with Crippen molar-refractivity contribution in [3.8, 4) is 46.6 Å². The monoisotopic (exact) mass is 892 g/mol. The Morgan fingerprint density at radius 3 is 0.969 bits per heavy atom. The van der Waals surface area contributed by atoms with Gasteiger partial charge in [-0.3, -0.25) is 0 Å². The predicted molar refractivity (Wildman–Crippen MR) is 283 cm³/mol. The molecule has 4 nitrogen and oxygen atoms in total. The van der Waals surface area contributed by atoms with Crippen molar-refractivity contribution in [2.24, 2.45) is 0 Å². The van der Waals surface area contributed by atoms with Gasteiger partial charge < -0.3 is 9.97 Å². The third kappa shape index (κ3) is 10.0. The van der Waals surface area contributed by atoms with Crippen LogP contribution < -0.4 is 9.97 Å². The van der Waals surface area contributed by atoms with Crippen LogP contribution in [-0.2, 0) is 0 Å². The van der Waals surface area contributed by atoms with Crippen LogP contribution in [0.5, 0.6) is 0 Å². The Morgan fingerprint density at radius 2 is 0.646 bits per heavy atom. The van der Waals surface area contributed by atoms with Gasteiger partial charge in [-0.1, -0.05) is 179 Å². The Balaban J connectivity index is 0.00000700. The van der Waals surface area contributed by atoms with Gasteiger partial charge in [0.25, 0.3) is 0 Å². The molecule has 8 bridgehead atoms. The smallest absolute Gasteiger partial charge is 0.656 e. The van der Waals surface area contributed by atoms with Crippen molar-refractivity contribution in [2.45, 2.75) is 116 Å². The molecular formula is C58H60MgN4Si2. The van der Waals surface area contributed by atoms with Gasteiger partial charge in [-0.05, 0) is 87.4 Å². The molecule has 322 valence electrons. The molecule has 0 spiro atoms. The number of fused-ring (bicyclic) bond motifs is 8. The molecule has 0 fully saturated rings. The third-order valence-electron chi connectivity index (χ3n) is 13.4. The van der Waals surface area contributed by atoms with E-state index >= 15 is 0 Å². The largest absolute Gasteiger partial charge is 2.00 e. The van der Waals surface area contributed by atoms with Crippen LogP contribution in [0.4, 0.5) is 0 Å². The summed E-state index contributed by atoms with van der Waals surface area (Å²) in [6.45, 7) is 28.1. The van der Waals surface area contributed by atoms with E-state index < -0.39 is 16.1 Å². The Labute approximate surface area is 406 Å². The zero-order valence-electron chi connectivity index (χ0n) is 40.4. The summed E-state index contributed by atoms with van der Waals surface area (Å²) in [4.78, 5) is 21.4. The molecule has 5 heterocycles. The molecule has 0 saturated carbocycles. The van der Waals surface area contributed by atoms with E-state index in [2.05, 4.69) is 154 Å². The van der Waals surface area contributed by atoms with E-state index in [4.69, 9.17) is 19.9 Å². The average molecular weight is 894 g/mol. The first-order valence-electron chi connectivity index (χ1n) is 22.9. The van der Waals surface area contributed by atoms with Crippen LogP contribution in [-0.4, -0.2) is 49.2 Å². The van der Waals surface area contributed by atoms with Gasteiger partial charge in [0, 0.05) is 22.3 Å². The van der Waals surface area contributed by atoms with Crippen molar-refractivity contribution in [3.63, 3.8) is 0 Å². The molecule has 0 N–H and O–H groups in total. The van der Waals surface area contributed by atoms with Gasteiger partial charge in [0.2, 0.25) is 0 Å². The molecule has 65 heavy (non-hydrogen) atoms. The molecule has 0 amide bonds. The first-order valence-corrected chi connectivity index (χ1v) is 27.4. The Morgan fingerprint density at radius 1 is 0.354 bits per heavy atom. The molecule has 0 atom stereocenters. The zero-order valence-corrected chi connectivity index (χ0v) is 43.8. The number of nitrogens with zero attached hydrogens (tertiary/aromatic N) is 4. The van der Waals surface area contributed by atoms with E-state index in [1.807, 2.05) is 84.9 Å². The summed E-state index contributed by atoms with van der Waals surface area (Å²) in [5, 5.41) is 0. The maximum absolute atomic E-state index is 5.35. The van der Waals surface area contributed by atoms with Crippen molar-refractivity contribution in [3.05, 3.63) is 141 Å². The molecule has 7 rings (SSSR count). The van der Waals surface area contributed by atoms with Crippen LogP contribution >= 0.6 is 0 Å². The fourth-order valence-corrected chi connectivity index (χ4v) is 20.5. The fourth-order valence-electron chi connectivity index (χ4n) is 10.1. The number of benzene rings is 2. The van der Waals surface area contributed by atoms with Crippen LogP contribution in [0.15, 0.2) is 84.9 Å². The van der Waals surface area contributed by atoms with E-state index in [-0.39, 0.29) is 23.1 Å². The zero-order chi connectivity index (χ0) is 45.8. The molecule has 3 aromatic heterocycles. The van der Waals surface area contributed by atoms with Crippen LogP contribution in [0.2, 0.25) is 33.2 Å². The topological polar surface area (TPSA) is 54.0 Å². The molecule has 0 aliphatic carbocycles. The first kappa shape index (κ1) is 48.9. The van der Waals surface area contributed by atoms with Gasteiger partial charge >= 0.3 is 23.1 Å². The first-order chi connectivity index (χ1) is 30.6. The molecule has 0 radical (unpaired) electrons. The summed E-state index contributed by atoms with van der Waals surface area (Å²) >= 11 is 0. The minimum Gasteiger partial charge on any atom is -0.656 e. The maximum atomic E-state index is 5.35. The third-order valence-corrected chi connectivity index (χ3v) is 25.9. The molecule has 7 heteroatoms. The van der Waals surface area contributed by atoms with Gasteiger partial charge in [-0.25, -0.2) is 9.97 Å². The van der Waals surface area contributed by atoms with Gasteiger partial charge in [-0.15, -0.1) is 33.2 Å². The number of hydrogen-bond acceptors (Lipinski definition) is 2. The molecule has 2 aliphatic rings.